The maximum absolute atomic E-state index is 11.8. The quantitative estimate of drug-likeness (QED) is 0.590. The number of hydrogen-bond acceptors (Lipinski definition) is 6. The highest BCUT2D eigenvalue weighted by Gasteiger charge is 2.33. The van der Waals surface area contributed by atoms with E-state index in [4.69, 9.17) is 14.2 Å². The number of H-pyrrole nitrogens is 1. The Morgan fingerprint density at radius 1 is 1.06 bits per heavy atom. The fraction of sp³-hybridized carbons (Fsp3) is 0.696. The number of aromatic nitrogens is 4. The van der Waals surface area contributed by atoms with Crippen molar-refractivity contribution in [2.24, 2.45) is 10.8 Å². The molecule has 4 rings (SSSR count). The van der Waals surface area contributed by atoms with Crippen LogP contribution in [0.5, 0.6) is 11.8 Å². The van der Waals surface area contributed by atoms with Crippen LogP contribution in [0.4, 0.5) is 4.79 Å². The Morgan fingerprint density at radius 2 is 1.66 bits per heavy atom. The summed E-state index contributed by atoms with van der Waals surface area (Å²) in [6, 6.07) is 3.54. The molecule has 2 aromatic rings. The number of nitrogens with zero attached hydrogens (tertiary/aromatic N) is 3. The lowest BCUT2D eigenvalue weighted by atomic mass is 9.71. The summed E-state index contributed by atoms with van der Waals surface area (Å²) in [7, 11) is 0. The van der Waals surface area contributed by atoms with Crippen molar-refractivity contribution < 1.29 is 19.0 Å². The van der Waals surface area contributed by atoms with Crippen LogP contribution in [0.15, 0.2) is 24.5 Å². The third-order valence-corrected chi connectivity index (χ3v) is 5.89. The molecule has 0 unspecified atom stereocenters. The van der Waals surface area contributed by atoms with Crippen LogP contribution in [0.25, 0.3) is 0 Å². The number of rotatable bonds is 6. The zero-order chi connectivity index (χ0) is 22.5. The molecule has 9 heteroatoms. The van der Waals surface area contributed by atoms with Crippen LogP contribution >= 0.6 is 12.4 Å². The van der Waals surface area contributed by atoms with Gasteiger partial charge in [0.15, 0.2) is 0 Å². The first-order valence-electron chi connectivity index (χ1n) is 11.1. The number of carbonyl (C=O) groups excluding carboxylic acids is 1. The van der Waals surface area contributed by atoms with Crippen LogP contribution in [0.1, 0.15) is 73.1 Å². The van der Waals surface area contributed by atoms with Gasteiger partial charge in [-0.05, 0) is 46.5 Å². The summed E-state index contributed by atoms with van der Waals surface area (Å²) < 4.78 is 17.6. The van der Waals surface area contributed by atoms with E-state index in [-0.39, 0.29) is 17.8 Å². The third kappa shape index (κ3) is 7.73. The van der Waals surface area contributed by atoms with E-state index in [1.807, 2.05) is 26.8 Å². The molecule has 0 radical (unpaired) electrons. The molecule has 2 aliphatic carbocycles. The molecule has 2 heterocycles. The minimum absolute atomic E-state index is 0. The largest absolute Gasteiger partial charge is 0.477 e. The molecule has 0 aromatic carbocycles. The second-order valence-corrected chi connectivity index (χ2v) is 10.4. The fourth-order valence-electron chi connectivity index (χ4n) is 3.47. The van der Waals surface area contributed by atoms with E-state index in [2.05, 4.69) is 29.1 Å². The molecule has 1 N–H and O–H groups in total. The molecule has 0 bridgehead atoms. The van der Waals surface area contributed by atoms with Crippen molar-refractivity contribution in [3.8, 4) is 11.8 Å². The van der Waals surface area contributed by atoms with Gasteiger partial charge in [0.25, 0.3) is 0 Å². The standard InChI is InChI=1S/C14H22N2O3.C9H14N2O.ClH/c1-13(2,3)19-12(17)16-9-6-11(15-16)18-10-14(4)7-5-8-14;1-9(4-2-5-9)7-12-8-3-6-10-11-8;/h6,9H,5,7-8,10H2,1-4H3;3,6H,2,4-5,7H2,1H3,(H,10,11);1H. The van der Waals surface area contributed by atoms with Gasteiger partial charge >= 0.3 is 6.09 Å². The first-order valence-corrected chi connectivity index (χ1v) is 11.1. The van der Waals surface area contributed by atoms with Crippen molar-refractivity contribution in [3.63, 3.8) is 0 Å². The Labute approximate surface area is 196 Å². The molecule has 0 saturated heterocycles. The molecule has 180 valence electrons. The molecular formula is C23H37ClN4O4. The number of nitrogens with one attached hydrogen (secondary N) is 1. The Hall–Kier alpha value is -2.22. The number of aromatic amines is 1. The Kier molecular flexibility index (Phi) is 8.62. The minimum atomic E-state index is -0.524. The van der Waals surface area contributed by atoms with E-state index in [0.717, 1.165) is 12.5 Å². The zero-order valence-corrected chi connectivity index (χ0v) is 20.7. The number of halogens is 1. The Morgan fingerprint density at radius 3 is 2.12 bits per heavy atom. The number of carbonyl (C=O) groups is 1. The fourth-order valence-corrected chi connectivity index (χ4v) is 3.47. The first kappa shape index (κ1) is 26.0. The van der Waals surface area contributed by atoms with Gasteiger partial charge in [0.05, 0.1) is 19.4 Å². The van der Waals surface area contributed by atoms with Crippen molar-refractivity contribution in [2.75, 3.05) is 13.2 Å². The van der Waals surface area contributed by atoms with E-state index in [9.17, 15) is 4.79 Å². The van der Waals surface area contributed by atoms with Crippen molar-refractivity contribution in [3.05, 3.63) is 24.5 Å². The van der Waals surface area contributed by atoms with Crippen LogP contribution < -0.4 is 9.47 Å². The summed E-state index contributed by atoms with van der Waals surface area (Å²) >= 11 is 0. The predicted octanol–water partition coefficient (Wildman–Crippen LogP) is 5.64. The van der Waals surface area contributed by atoms with Gasteiger partial charge in [0.1, 0.15) is 5.60 Å². The molecule has 8 nitrogen and oxygen atoms in total. The van der Waals surface area contributed by atoms with E-state index in [0.29, 0.717) is 17.9 Å². The van der Waals surface area contributed by atoms with Crippen molar-refractivity contribution in [1.82, 2.24) is 20.0 Å². The molecule has 0 spiro atoms. The molecule has 2 fully saturated rings. The summed E-state index contributed by atoms with van der Waals surface area (Å²) in [4.78, 5) is 11.8. The average molecular weight is 469 g/mol. The van der Waals surface area contributed by atoms with E-state index in [1.165, 1.54) is 43.2 Å². The molecule has 2 aromatic heterocycles. The van der Waals surface area contributed by atoms with Gasteiger partial charge in [0, 0.05) is 29.2 Å². The lowest BCUT2D eigenvalue weighted by Gasteiger charge is -2.37. The molecule has 0 aliphatic heterocycles. The van der Waals surface area contributed by atoms with Gasteiger partial charge in [-0.2, -0.15) is 9.78 Å². The first-order chi connectivity index (χ1) is 14.6. The average Bonchev–Trinajstić information content (AvgIpc) is 3.32. The summed E-state index contributed by atoms with van der Waals surface area (Å²) in [5.74, 6) is 1.25. The molecular weight excluding hydrogens is 432 g/mol. The van der Waals surface area contributed by atoms with Gasteiger partial charge in [-0.1, -0.05) is 26.7 Å². The smallest absolute Gasteiger partial charge is 0.435 e. The lowest BCUT2D eigenvalue weighted by Crippen LogP contribution is -2.32. The van der Waals surface area contributed by atoms with Gasteiger partial charge in [0.2, 0.25) is 11.8 Å². The number of hydrogen-bond donors (Lipinski definition) is 1. The van der Waals surface area contributed by atoms with Crippen LogP contribution in [0, 0.1) is 10.8 Å². The second-order valence-electron chi connectivity index (χ2n) is 10.4. The zero-order valence-electron chi connectivity index (χ0n) is 19.8. The van der Waals surface area contributed by atoms with Gasteiger partial charge < -0.3 is 14.2 Å². The maximum atomic E-state index is 11.8. The highest BCUT2D eigenvalue weighted by atomic mass is 35.5. The normalized spacial score (nSPS) is 18.0. The van der Waals surface area contributed by atoms with Crippen molar-refractivity contribution >= 4 is 18.5 Å². The topological polar surface area (TPSA) is 91.3 Å². The summed E-state index contributed by atoms with van der Waals surface area (Å²) in [5.41, 5.74) is 0.171. The monoisotopic (exact) mass is 468 g/mol. The lowest BCUT2D eigenvalue weighted by molar-refractivity contribution is 0.0503. The molecule has 0 atom stereocenters. The van der Waals surface area contributed by atoms with Crippen LogP contribution in [0.3, 0.4) is 0 Å². The summed E-state index contributed by atoms with van der Waals surface area (Å²) in [5, 5.41) is 10.7. The van der Waals surface area contributed by atoms with E-state index < -0.39 is 11.7 Å². The van der Waals surface area contributed by atoms with Crippen LogP contribution in [-0.4, -0.2) is 44.9 Å². The van der Waals surface area contributed by atoms with Gasteiger partial charge in [-0.25, -0.2) is 9.89 Å². The van der Waals surface area contributed by atoms with Gasteiger partial charge in [-0.15, -0.1) is 17.5 Å². The summed E-state index contributed by atoms with van der Waals surface area (Å²) in [6.07, 6.45) is 10.4. The van der Waals surface area contributed by atoms with Gasteiger partial charge in [-0.3, -0.25) is 0 Å². The predicted molar refractivity (Wildman–Crippen MR) is 125 cm³/mol. The highest BCUT2D eigenvalue weighted by Crippen LogP contribution is 2.41. The second kappa shape index (κ2) is 10.6. The number of ether oxygens (including phenoxy) is 3. The Bertz CT molecular complexity index is 837. The van der Waals surface area contributed by atoms with Crippen LogP contribution in [-0.2, 0) is 4.74 Å². The SMILES string of the molecule is CC1(COc2ccn(C(=O)OC(C)(C)C)n2)CCC1.CC1(COc2ccn[nH]2)CCC1.Cl. The summed E-state index contributed by atoms with van der Waals surface area (Å²) in [6.45, 7) is 11.4. The molecule has 0 amide bonds. The molecule has 2 saturated carbocycles. The van der Waals surface area contributed by atoms with E-state index >= 15 is 0 Å². The molecule has 32 heavy (non-hydrogen) atoms. The minimum Gasteiger partial charge on any atom is -0.477 e. The maximum Gasteiger partial charge on any atom is 0.435 e. The highest BCUT2D eigenvalue weighted by molar-refractivity contribution is 5.85. The van der Waals surface area contributed by atoms with E-state index in [1.54, 1.807) is 18.5 Å². The third-order valence-electron chi connectivity index (χ3n) is 5.89. The van der Waals surface area contributed by atoms with Crippen molar-refractivity contribution in [2.45, 2.75) is 78.7 Å². The molecule has 2 aliphatic rings. The van der Waals surface area contributed by atoms with Crippen molar-refractivity contribution in [1.29, 1.82) is 0 Å². The Balaban J connectivity index is 0.000000241. The van der Waals surface area contributed by atoms with Crippen LogP contribution in [0.2, 0.25) is 0 Å².